The van der Waals surface area contributed by atoms with Crippen LogP contribution in [0, 0.1) is 0 Å². The van der Waals surface area contributed by atoms with Gasteiger partial charge in [-0.1, -0.05) is 0 Å². The van der Waals surface area contributed by atoms with Gasteiger partial charge in [-0.15, -0.1) is 0 Å². The van der Waals surface area contributed by atoms with Crippen molar-refractivity contribution in [3.05, 3.63) is 130 Å². The molecule has 4 aromatic rings. The molecule has 0 amide bonds. The summed E-state index contributed by atoms with van der Waals surface area (Å²) in [7, 11) is 0. The normalized spacial score (nSPS) is 18.2. The Kier molecular flexibility index (Phi) is 8.55. The molecule has 43 heavy (non-hydrogen) atoms. The van der Waals surface area contributed by atoms with Crippen LogP contribution in [-0.2, 0) is 40.5 Å². The summed E-state index contributed by atoms with van der Waals surface area (Å²) < 4.78 is 12.9. The quantitative estimate of drug-likeness (QED) is 0.170. The van der Waals surface area contributed by atoms with Crippen molar-refractivity contribution >= 4 is 12.2 Å². The van der Waals surface area contributed by atoms with Crippen LogP contribution in [-0.4, -0.2) is 0 Å². The van der Waals surface area contributed by atoms with Gasteiger partial charge < -0.3 is 0 Å². The summed E-state index contributed by atoms with van der Waals surface area (Å²) in [6, 6.07) is 36.4. The fourth-order valence-electron chi connectivity index (χ4n) is 8.54. The molecule has 0 saturated carbocycles. The first kappa shape index (κ1) is 31.1. The molecule has 2 unspecified atom stereocenters. The Labute approximate surface area is 270 Å². The van der Waals surface area contributed by atoms with Gasteiger partial charge in [0.15, 0.2) is 0 Å². The second-order valence-electron chi connectivity index (χ2n) is 14.4. The Bertz CT molecular complexity index is 1580. The van der Waals surface area contributed by atoms with E-state index >= 15 is 0 Å². The summed E-state index contributed by atoms with van der Waals surface area (Å²) >= 11 is -5.85. The van der Waals surface area contributed by atoms with Gasteiger partial charge in [-0.2, -0.15) is 0 Å². The molecule has 0 saturated heterocycles. The van der Waals surface area contributed by atoms with Crippen LogP contribution in [0.3, 0.4) is 0 Å². The first-order chi connectivity index (χ1) is 20.5. The first-order valence-electron chi connectivity index (χ1n) is 16.3. The average molecular weight is 723 g/mol. The van der Waals surface area contributed by atoms with E-state index in [1.54, 1.807) is 22.3 Å². The average Bonchev–Trinajstić information content (AvgIpc) is 3.61. The van der Waals surface area contributed by atoms with E-state index in [0.717, 1.165) is 12.8 Å². The zero-order valence-corrected chi connectivity index (χ0v) is 32.4. The summed E-state index contributed by atoms with van der Waals surface area (Å²) in [5.41, 5.74) is 15.1. The summed E-state index contributed by atoms with van der Waals surface area (Å²) in [5, 5.41) is 0. The van der Waals surface area contributed by atoms with Crippen molar-refractivity contribution in [3.63, 3.8) is 0 Å². The van der Waals surface area contributed by atoms with Crippen LogP contribution in [0.1, 0.15) is 70.0 Å². The molecule has 6 rings (SSSR count). The molecule has 0 spiro atoms. The molecular formula is C41H48Zr2. The minimum absolute atomic E-state index is 0.413. The van der Waals surface area contributed by atoms with Crippen LogP contribution in [0.2, 0.25) is 19.4 Å². The molecule has 0 radical (unpaired) electrons. The van der Waals surface area contributed by atoms with Crippen molar-refractivity contribution in [1.82, 2.24) is 0 Å². The summed E-state index contributed by atoms with van der Waals surface area (Å²) in [6.07, 6.45) is 7.50. The second-order valence-corrected chi connectivity index (χ2v) is 43.4. The monoisotopic (exact) mass is 720 g/mol. The molecule has 0 aliphatic heterocycles. The second kappa shape index (κ2) is 11.8. The van der Waals surface area contributed by atoms with Crippen LogP contribution >= 0.6 is 0 Å². The molecule has 220 valence electrons. The number of fused-ring (bicyclic) bond motifs is 2. The molecule has 0 nitrogen and oxygen atoms in total. The van der Waals surface area contributed by atoms with Crippen LogP contribution < -0.4 is 0 Å². The number of allylic oxidation sites excluding steroid dienone is 2. The van der Waals surface area contributed by atoms with Crippen molar-refractivity contribution in [1.29, 1.82) is 0 Å². The van der Waals surface area contributed by atoms with Gasteiger partial charge in [-0.3, -0.25) is 0 Å². The van der Waals surface area contributed by atoms with Crippen molar-refractivity contribution in [2.45, 2.75) is 67.1 Å². The topological polar surface area (TPSA) is 0 Å². The van der Waals surface area contributed by atoms with Gasteiger partial charge in [0.25, 0.3) is 0 Å². The van der Waals surface area contributed by atoms with Gasteiger partial charge in [0.05, 0.1) is 0 Å². The Hall–Kier alpha value is -1.87. The first-order valence-corrected chi connectivity index (χ1v) is 31.4. The summed E-state index contributed by atoms with van der Waals surface area (Å²) in [6.45, 7) is 10.3. The molecule has 2 atom stereocenters. The summed E-state index contributed by atoms with van der Waals surface area (Å²) in [5.74, 6) is 0. The van der Waals surface area contributed by atoms with E-state index in [4.69, 9.17) is 0 Å². The van der Waals surface area contributed by atoms with E-state index in [1.165, 1.54) is 33.4 Å². The fraction of sp³-hybridized carbons (Fsp3) is 0.317. The molecule has 0 heterocycles. The predicted molar refractivity (Wildman–Crippen MR) is 183 cm³/mol. The molecule has 2 aliphatic rings. The van der Waals surface area contributed by atoms with Crippen molar-refractivity contribution in [2.24, 2.45) is 0 Å². The van der Waals surface area contributed by atoms with Gasteiger partial charge >= 0.3 is 273 Å². The van der Waals surface area contributed by atoms with E-state index < -0.39 is 40.5 Å². The molecule has 0 aromatic heterocycles. The van der Waals surface area contributed by atoms with E-state index in [9.17, 15) is 0 Å². The van der Waals surface area contributed by atoms with Gasteiger partial charge in [0.1, 0.15) is 0 Å². The van der Waals surface area contributed by atoms with Crippen LogP contribution in [0.4, 0.5) is 0 Å². The van der Waals surface area contributed by atoms with Crippen molar-refractivity contribution < 1.29 is 40.5 Å². The number of hydrogen-bond acceptors (Lipinski definition) is 0. The third-order valence-corrected chi connectivity index (χ3v) is 57.0. The van der Waals surface area contributed by atoms with Gasteiger partial charge in [-0.05, 0) is 0 Å². The maximum absolute atomic E-state index is 2.92. The Balaban J connectivity index is 1.45. The maximum atomic E-state index is 2.82. The van der Waals surface area contributed by atoms with Crippen molar-refractivity contribution in [3.8, 4) is 22.3 Å². The fourth-order valence-corrected chi connectivity index (χ4v) is 55.5. The standard InChI is InChI=1S/2C17H15.C3H6.4CH3.2Zr/c2*1-2-13-11-15-9-6-10-16(17(15)12-13)14-7-4-3-5-8-14;1-3-2;;;;;;/h2*3-12H,2H2,1H3;1-2H3;4*1H3;;. The third kappa shape index (κ3) is 4.99. The van der Waals surface area contributed by atoms with Crippen molar-refractivity contribution in [2.75, 3.05) is 0 Å². The van der Waals surface area contributed by atoms with Crippen LogP contribution in [0.15, 0.2) is 108 Å². The van der Waals surface area contributed by atoms with E-state index in [2.05, 4.69) is 155 Å². The molecule has 0 fully saturated rings. The molecule has 2 heteroatoms. The number of hydrogen-bond donors (Lipinski definition) is 0. The zero-order chi connectivity index (χ0) is 30.6. The van der Waals surface area contributed by atoms with Gasteiger partial charge in [0, 0.05) is 0 Å². The zero-order valence-electron chi connectivity index (χ0n) is 27.5. The molecule has 2 aliphatic carbocycles. The molecule has 0 bridgehead atoms. The predicted octanol–water partition coefficient (Wildman–Crippen LogP) is 13.1. The number of rotatable bonds is 8. The Morgan fingerprint density at radius 3 is 1.23 bits per heavy atom. The number of benzene rings is 4. The van der Waals surface area contributed by atoms with Gasteiger partial charge in [-0.25, -0.2) is 0 Å². The van der Waals surface area contributed by atoms with E-state index in [0.29, 0.717) is 8.08 Å². The molecule has 0 N–H and O–H groups in total. The van der Waals surface area contributed by atoms with E-state index in [-0.39, 0.29) is 0 Å². The summed E-state index contributed by atoms with van der Waals surface area (Å²) in [4.78, 5) is 0. The minimum atomic E-state index is -2.92. The molecule has 4 aromatic carbocycles. The SMILES string of the molecule is CCC1=Cc2c(-c3ccccc3)cccc2[CH]1[Zr]([CH3])([CH3])[C](C)(C)[Zr]([CH3])([CH3])[CH]1C(CC)=Cc2c(-c3ccccc3)cccc21. The van der Waals surface area contributed by atoms with Gasteiger partial charge in [0.2, 0.25) is 0 Å². The van der Waals surface area contributed by atoms with E-state index in [1.807, 2.05) is 0 Å². The van der Waals surface area contributed by atoms with Crippen LogP contribution in [0.5, 0.6) is 0 Å². The third-order valence-electron chi connectivity index (χ3n) is 12.0. The van der Waals surface area contributed by atoms with Crippen LogP contribution in [0.25, 0.3) is 34.4 Å². The Morgan fingerprint density at radius 2 is 0.884 bits per heavy atom. The molecular weight excluding hydrogens is 675 g/mol. The Morgan fingerprint density at radius 1 is 0.512 bits per heavy atom.